The van der Waals surface area contributed by atoms with Gasteiger partial charge in [0.25, 0.3) is 0 Å². The van der Waals surface area contributed by atoms with E-state index in [4.69, 9.17) is 4.52 Å². The van der Waals surface area contributed by atoms with E-state index in [1.807, 2.05) is 11.8 Å². The minimum atomic E-state index is 0.311. The minimum Gasteiger partial charge on any atom is -0.339 e. The molecule has 1 aliphatic heterocycles. The standard InChI is InChI=1S/C11H20N4OS/c1-3-12-5-4-10-13-11(14-16-10)9-8-17-7-6-15(9)2/h9,12H,3-8H2,1-2H3. The molecule has 17 heavy (non-hydrogen) atoms. The van der Waals surface area contributed by atoms with Crippen LogP contribution in [-0.2, 0) is 6.42 Å². The van der Waals surface area contributed by atoms with E-state index >= 15 is 0 Å². The van der Waals surface area contributed by atoms with Crippen LogP contribution in [0.3, 0.4) is 0 Å². The van der Waals surface area contributed by atoms with Gasteiger partial charge >= 0.3 is 0 Å². The number of likely N-dealkylation sites (N-methyl/N-ethyl adjacent to an activating group) is 1. The third kappa shape index (κ3) is 3.43. The molecule has 0 saturated carbocycles. The number of nitrogens with one attached hydrogen (secondary N) is 1. The summed E-state index contributed by atoms with van der Waals surface area (Å²) in [5, 5.41) is 7.35. The lowest BCUT2D eigenvalue weighted by Gasteiger charge is -2.29. The molecule has 0 aliphatic carbocycles. The van der Waals surface area contributed by atoms with E-state index in [2.05, 4.69) is 34.3 Å². The number of rotatable bonds is 5. The molecule has 0 spiro atoms. The smallest absolute Gasteiger partial charge is 0.227 e. The molecule has 0 aromatic carbocycles. The molecule has 1 aliphatic rings. The van der Waals surface area contributed by atoms with Crippen molar-refractivity contribution < 1.29 is 4.52 Å². The van der Waals surface area contributed by atoms with Gasteiger partial charge in [0.1, 0.15) is 0 Å². The van der Waals surface area contributed by atoms with Crippen molar-refractivity contribution in [1.29, 1.82) is 0 Å². The summed E-state index contributed by atoms with van der Waals surface area (Å²) in [5.41, 5.74) is 0. The molecule has 6 heteroatoms. The van der Waals surface area contributed by atoms with Crippen LogP contribution in [0.25, 0.3) is 0 Å². The van der Waals surface area contributed by atoms with Crippen LogP contribution < -0.4 is 5.32 Å². The second-order valence-electron chi connectivity index (χ2n) is 4.22. The van der Waals surface area contributed by atoms with Gasteiger partial charge in [-0.3, -0.25) is 4.90 Å². The van der Waals surface area contributed by atoms with Gasteiger partial charge < -0.3 is 9.84 Å². The second-order valence-corrected chi connectivity index (χ2v) is 5.37. The van der Waals surface area contributed by atoms with Gasteiger partial charge in [-0.15, -0.1) is 0 Å². The summed E-state index contributed by atoms with van der Waals surface area (Å²) in [6, 6.07) is 0.311. The average molecular weight is 256 g/mol. The van der Waals surface area contributed by atoms with E-state index < -0.39 is 0 Å². The summed E-state index contributed by atoms with van der Waals surface area (Å²) < 4.78 is 5.28. The monoisotopic (exact) mass is 256 g/mol. The molecule has 1 aromatic heterocycles. The molecule has 1 aromatic rings. The molecule has 1 atom stereocenters. The molecule has 96 valence electrons. The molecule has 0 bridgehead atoms. The predicted molar refractivity (Wildman–Crippen MR) is 69.2 cm³/mol. The van der Waals surface area contributed by atoms with Crippen molar-refractivity contribution in [2.24, 2.45) is 0 Å². The van der Waals surface area contributed by atoms with Gasteiger partial charge in [-0.25, -0.2) is 0 Å². The van der Waals surface area contributed by atoms with Gasteiger partial charge in [-0.1, -0.05) is 12.1 Å². The highest BCUT2D eigenvalue weighted by Gasteiger charge is 2.25. The van der Waals surface area contributed by atoms with Crippen LogP contribution in [0.4, 0.5) is 0 Å². The molecular formula is C11H20N4OS. The van der Waals surface area contributed by atoms with Gasteiger partial charge in [0, 0.05) is 31.0 Å². The zero-order chi connectivity index (χ0) is 12.1. The second kappa shape index (κ2) is 6.37. The number of hydrogen-bond donors (Lipinski definition) is 1. The third-order valence-electron chi connectivity index (χ3n) is 2.94. The average Bonchev–Trinajstić information content (AvgIpc) is 2.79. The fourth-order valence-corrected chi connectivity index (χ4v) is 3.05. The number of aromatic nitrogens is 2. The lowest BCUT2D eigenvalue weighted by Crippen LogP contribution is -2.33. The maximum Gasteiger partial charge on any atom is 0.227 e. The van der Waals surface area contributed by atoms with Crippen molar-refractivity contribution in [3.8, 4) is 0 Å². The van der Waals surface area contributed by atoms with Gasteiger partial charge in [-0.05, 0) is 13.6 Å². The summed E-state index contributed by atoms with van der Waals surface area (Å²) in [4.78, 5) is 6.78. The molecule has 5 nitrogen and oxygen atoms in total. The summed E-state index contributed by atoms with van der Waals surface area (Å²) in [6.07, 6.45) is 0.810. The van der Waals surface area contributed by atoms with Crippen LogP contribution >= 0.6 is 11.8 Å². The first-order valence-corrected chi connectivity index (χ1v) is 7.28. The van der Waals surface area contributed by atoms with Crippen LogP contribution in [0.2, 0.25) is 0 Å². The third-order valence-corrected chi connectivity index (χ3v) is 3.97. The Hall–Kier alpha value is -0.590. The molecule has 1 unspecified atom stereocenters. The van der Waals surface area contributed by atoms with Gasteiger partial charge in [-0.2, -0.15) is 16.7 Å². The first-order chi connectivity index (χ1) is 8.31. The highest BCUT2D eigenvalue weighted by molar-refractivity contribution is 7.99. The van der Waals surface area contributed by atoms with Crippen LogP contribution in [0, 0.1) is 0 Å². The molecule has 0 radical (unpaired) electrons. The number of nitrogens with zero attached hydrogens (tertiary/aromatic N) is 3. The van der Waals surface area contributed by atoms with Gasteiger partial charge in [0.2, 0.25) is 5.89 Å². The lowest BCUT2D eigenvalue weighted by molar-refractivity contribution is 0.256. The molecule has 2 rings (SSSR count). The van der Waals surface area contributed by atoms with Crippen LogP contribution in [-0.4, -0.2) is 53.2 Å². The fraction of sp³-hybridized carbons (Fsp3) is 0.818. The number of thioether (sulfide) groups is 1. The van der Waals surface area contributed by atoms with Crippen molar-refractivity contribution in [3.63, 3.8) is 0 Å². The van der Waals surface area contributed by atoms with Crippen molar-refractivity contribution in [2.75, 3.05) is 38.2 Å². The summed E-state index contributed by atoms with van der Waals surface area (Å²) in [7, 11) is 2.12. The molecular weight excluding hydrogens is 236 g/mol. The van der Waals surface area contributed by atoms with Crippen molar-refractivity contribution in [3.05, 3.63) is 11.7 Å². The Morgan fingerprint density at radius 2 is 2.47 bits per heavy atom. The van der Waals surface area contributed by atoms with Crippen molar-refractivity contribution in [1.82, 2.24) is 20.4 Å². The molecule has 1 saturated heterocycles. The first kappa shape index (κ1) is 12.9. The van der Waals surface area contributed by atoms with Crippen LogP contribution in [0.5, 0.6) is 0 Å². The molecule has 0 amide bonds. The van der Waals surface area contributed by atoms with Crippen molar-refractivity contribution >= 4 is 11.8 Å². The van der Waals surface area contributed by atoms with Crippen LogP contribution in [0.1, 0.15) is 24.7 Å². The molecule has 2 heterocycles. The van der Waals surface area contributed by atoms with E-state index in [0.29, 0.717) is 6.04 Å². The highest BCUT2D eigenvalue weighted by Crippen LogP contribution is 2.26. The Kier molecular flexibility index (Phi) is 4.82. The summed E-state index contributed by atoms with van der Waals surface area (Å²) in [5.74, 6) is 3.83. The fourth-order valence-electron chi connectivity index (χ4n) is 1.84. The van der Waals surface area contributed by atoms with Gasteiger partial charge in [0.05, 0.1) is 6.04 Å². The maximum absolute atomic E-state index is 5.28. The van der Waals surface area contributed by atoms with E-state index in [9.17, 15) is 0 Å². The normalized spacial score (nSPS) is 21.9. The van der Waals surface area contributed by atoms with Gasteiger partial charge in [0.15, 0.2) is 5.82 Å². The Balaban J connectivity index is 1.92. The van der Waals surface area contributed by atoms with Crippen LogP contribution in [0.15, 0.2) is 4.52 Å². The Bertz CT molecular complexity index is 344. The predicted octanol–water partition coefficient (Wildman–Crippen LogP) is 0.941. The SMILES string of the molecule is CCNCCc1nc(C2CSCCN2C)no1. The van der Waals surface area contributed by atoms with Crippen molar-refractivity contribution in [2.45, 2.75) is 19.4 Å². The minimum absolute atomic E-state index is 0.311. The van der Waals surface area contributed by atoms with E-state index in [0.717, 1.165) is 43.5 Å². The molecule has 1 N–H and O–H groups in total. The van der Waals surface area contributed by atoms with E-state index in [1.165, 1.54) is 5.75 Å². The number of hydrogen-bond acceptors (Lipinski definition) is 6. The lowest BCUT2D eigenvalue weighted by atomic mass is 10.3. The highest BCUT2D eigenvalue weighted by atomic mass is 32.2. The Labute approximate surface area is 106 Å². The molecule has 1 fully saturated rings. The quantitative estimate of drug-likeness (QED) is 0.791. The Morgan fingerprint density at radius 1 is 1.59 bits per heavy atom. The maximum atomic E-state index is 5.28. The van der Waals surface area contributed by atoms with E-state index in [-0.39, 0.29) is 0 Å². The topological polar surface area (TPSA) is 54.2 Å². The largest absolute Gasteiger partial charge is 0.339 e. The zero-order valence-electron chi connectivity index (χ0n) is 10.5. The summed E-state index contributed by atoms with van der Waals surface area (Å²) in [6.45, 7) is 5.06. The zero-order valence-corrected chi connectivity index (χ0v) is 11.3. The summed E-state index contributed by atoms with van der Waals surface area (Å²) >= 11 is 1.96. The van der Waals surface area contributed by atoms with E-state index in [1.54, 1.807) is 0 Å². The first-order valence-electron chi connectivity index (χ1n) is 6.12. The Morgan fingerprint density at radius 3 is 3.24 bits per heavy atom.